The molecule has 2 nitrogen and oxygen atoms in total. The summed E-state index contributed by atoms with van der Waals surface area (Å²) < 4.78 is 6.03. The molecule has 2 heteroatoms. The summed E-state index contributed by atoms with van der Waals surface area (Å²) in [6.07, 6.45) is 12.2. The van der Waals surface area contributed by atoms with Crippen LogP contribution in [0.4, 0.5) is 0 Å². The molecular weight excluding hydrogens is 186 g/mol. The predicted molar refractivity (Wildman–Crippen MR) is 62.8 cm³/mol. The zero-order valence-electron chi connectivity index (χ0n) is 9.79. The Morgan fingerprint density at radius 1 is 0.867 bits per heavy atom. The van der Waals surface area contributed by atoms with Gasteiger partial charge in [-0.2, -0.15) is 0 Å². The van der Waals surface area contributed by atoms with Crippen molar-refractivity contribution in [1.82, 2.24) is 0 Å². The molecule has 0 heterocycles. The van der Waals surface area contributed by atoms with Crippen molar-refractivity contribution >= 4 is 0 Å². The van der Waals surface area contributed by atoms with Crippen molar-refractivity contribution in [3.05, 3.63) is 0 Å². The number of hydrogen-bond donors (Lipinski definition) is 1. The lowest BCUT2D eigenvalue weighted by Gasteiger charge is -2.23. The van der Waals surface area contributed by atoms with Gasteiger partial charge in [-0.3, -0.25) is 0 Å². The molecule has 0 aromatic rings. The van der Waals surface area contributed by atoms with Gasteiger partial charge in [0.1, 0.15) is 0 Å². The zero-order chi connectivity index (χ0) is 10.5. The molecule has 2 saturated carbocycles. The molecule has 0 spiro atoms. The van der Waals surface area contributed by atoms with Gasteiger partial charge in [-0.05, 0) is 31.6 Å². The highest BCUT2D eigenvalue weighted by molar-refractivity contribution is 4.78. The maximum atomic E-state index is 6.14. The maximum absolute atomic E-state index is 6.14. The highest BCUT2D eigenvalue weighted by Gasteiger charge is 2.23. The van der Waals surface area contributed by atoms with Crippen molar-refractivity contribution in [1.29, 1.82) is 0 Å². The fourth-order valence-electron chi connectivity index (χ4n) is 2.95. The first kappa shape index (κ1) is 11.4. The molecule has 0 radical (unpaired) electrons. The van der Waals surface area contributed by atoms with Crippen LogP contribution in [0.3, 0.4) is 0 Å². The molecule has 2 unspecified atom stereocenters. The van der Waals surface area contributed by atoms with Crippen LogP contribution < -0.4 is 5.73 Å². The molecule has 2 N–H and O–H groups in total. The van der Waals surface area contributed by atoms with Gasteiger partial charge >= 0.3 is 0 Å². The Bertz CT molecular complexity index is 177. The SMILES string of the molecule is NC1CCCCCC1OCC1CCCC1. The molecular formula is C13H25NO. The Hall–Kier alpha value is -0.0800. The van der Waals surface area contributed by atoms with Gasteiger partial charge in [0.05, 0.1) is 6.10 Å². The first-order valence-electron chi connectivity index (χ1n) is 6.73. The van der Waals surface area contributed by atoms with Gasteiger partial charge in [0.25, 0.3) is 0 Å². The normalized spacial score (nSPS) is 34.2. The Kier molecular flexibility index (Phi) is 4.45. The van der Waals surface area contributed by atoms with Gasteiger partial charge in [0.2, 0.25) is 0 Å². The van der Waals surface area contributed by atoms with Crippen molar-refractivity contribution in [3.63, 3.8) is 0 Å². The quantitative estimate of drug-likeness (QED) is 0.729. The molecule has 0 aromatic carbocycles. The molecule has 15 heavy (non-hydrogen) atoms. The van der Waals surface area contributed by atoms with E-state index >= 15 is 0 Å². The third-order valence-corrected chi connectivity index (χ3v) is 4.02. The molecule has 0 aromatic heterocycles. The summed E-state index contributed by atoms with van der Waals surface area (Å²) in [5.74, 6) is 0.834. The van der Waals surface area contributed by atoms with Crippen molar-refractivity contribution in [2.24, 2.45) is 11.7 Å². The first-order chi connectivity index (χ1) is 7.36. The van der Waals surface area contributed by atoms with Crippen LogP contribution in [0.2, 0.25) is 0 Å². The second kappa shape index (κ2) is 5.86. The largest absolute Gasteiger partial charge is 0.376 e. The monoisotopic (exact) mass is 211 g/mol. The van der Waals surface area contributed by atoms with E-state index in [2.05, 4.69) is 0 Å². The van der Waals surface area contributed by atoms with Gasteiger partial charge in [-0.25, -0.2) is 0 Å². The van der Waals surface area contributed by atoms with Crippen LogP contribution in [0.15, 0.2) is 0 Å². The average molecular weight is 211 g/mol. The second-order valence-electron chi connectivity index (χ2n) is 5.32. The van der Waals surface area contributed by atoms with E-state index in [-0.39, 0.29) is 0 Å². The van der Waals surface area contributed by atoms with E-state index in [1.807, 2.05) is 0 Å². The average Bonchev–Trinajstić information content (AvgIpc) is 2.67. The van der Waals surface area contributed by atoms with Crippen LogP contribution >= 0.6 is 0 Å². The molecule has 2 atom stereocenters. The number of hydrogen-bond acceptors (Lipinski definition) is 2. The van der Waals surface area contributed by atoms with E-state index in [1.165, 1.54) is 51.4 Å². The Morgan fingerprint density at radius 2 is 1.53 bits per heavy atom. The third-order valence-electron chi connectivity index (χ3n) is 4.02. The molecule has 0 saturated heterocycles. The van der Waals surface area contributed by atoms with Crippen LogP contribution in [0.5, 0.6) is 0 Å². The Balaban J connectivity index is 1.71. The lowest BCUT2D eigenvalue weighted by Crippen LogP contribution is -2.36. The topological polar surface area (TPSA) is 35.2 Å². The van der Waals surface area contributed by atoms with Crippen LogP contribution in [0.25, 0.3) is 0 Å². The van der Waals surface area contributed by atoms with Crippen LogP contribution in [0, 0.1) is 5.92 Å². The van der Waals surface area contributed by atoms with E-state index in [0.29, 0.717) is 12.1 Å². The molecule has 0 aliphatic heterocycles. The molecule has 2 rings (SSSR count). The number of nitrogens with two attached hydrogens (primary N) is 1. The number of rotatable bonds is 3. The minimum absolute atomic E-state index is 0.300. The predicted octanol–water partition coefficient (Wildman–Crippen LogP) is 2.85. The van der Waals surface area contributed by atoms with Crippen molar-refractivity contribution in [2.45, 2.75) is 69.9 Å². The highest BCUT2D eigenvalue weighted by atomic mass is 16.5. The fourth-order valence-corrected chi connectivity index (χ4v) is 2.95. The van der Waals surface area contributed by atoms with Crippen LogP contribution in [-0.4, -0.2) is 18.8 Å². The van der Waals surface area contributed by atoms with E-state index in [4.69, 9.17) is 10.5 Å². The summed E-state index contributed by atoms with van der Waals surface area (Å²) in [5, 5.41) is 0. The second-order valence-corrected chi connectivity index (χ2v) is 5.32. The Morgan fingerprint density at radius 3 is 2.33 bits per heavy atom. The molecule has 0 amide bonds. The summed E-state index contributed by atoms with van der Waals surface area (Å²) >= 11 is 0. The molecule has 88 valence electrons. The van der Waals surface area contributed by atoms with E-state index in [0.717, 1.165) is 18.9 Å². The summed E-state index contributed by atoms with van der Waals surface area (Å²) in [4.78, 5) is 0. The minimum atomic E-state index is 0.300. The van der Waals surface area contributed by atoms with Gasteiger partial charge in [-0.1, -0.05) is 32.1 Å². The maximum Gasteiger partial charge on any atom is 0.0726 e. The smallest absolute Gasteiger partial charge is 0.0726 e. The third kappa shape index (κ3) is 3.46. The van der Waals surface area contributed by atoms with Crippen LogP contribution in [0.1, 0.15) is 57.8 Å². The number of ether oxygens (including phenoxy) is 1. The molecule has 2 fully saturated rings. The zero-order valence-corrected chi connectivity index (χ0v) is 9.79. The highest BCUT2D eigenvalue weighted by Crippen LogP contribution is 2.26. The lowest BCUT2D eigenvalue weighted by atomic mass is 10.1. The summed E-state index contributed by atoms with van der Waals surface area (Å²) in [5.41, 5.74) is 6.14. The van der Waals surface area contributed by atoms with E-state index < -0.39 is 0 Å². The van der Waals surface area contributed by atoms with Crippen molar-refractivity contribution in [2.75, 3.05) is 6.61 Å². The van der Waals surface area contributed by atoms with Gasteiger partial charge in [0.15, 0.2) is 0 Å². The molecule has 0 bridgehead atoms. The molecule has 2 aliphatic carbocycles. The van der Waals surface area contributed by atoms with Crippen LogP contribution in [-0.2, 0) is 4.74 Å². The molecule has 2 aliphatic rings. The summed E-state index contributed by atoms with van der Waals surface area (Å²) in [7, 11) is 0. The van der Waals surface area contributed by atoms with E-state index in [1.54, 1.807) is 0 Å². The standard InChI is InChI=1S/C13H25NO/c14-12-8-2-1-3-9-13(12)15-10-11-6-4-5-7-11/h11-13H,1-10,14H2. The summed E-state index contributed by atoms with van der Waals surface area (Å²) in [6, 6.07) is 0.300. The van der Waals surface area contributed by atoms with E-state index in [9.17, 15) is 0 Å². The van der Waals surface area contributed by atoms with Crippen molar-refractivity contribution < 1.29 is 4.74 Å². The van der Waals surface area contributed by atoms with Gasteiger partial charge in [-0.15, -0.1) is 0 Å². The first-order valence-corrected chi connectivity index (χ1v) is 6.73. The Labute approximate surface area is 93.6 Å². The minimum Gasteiger partial charge on any atom is -0.376 e. The van der Waals surface area contributed by atoms with Crippen molar-refractivity contribution in [3.8, 4) is 0 Å². The lowest BCUT2D eigenvalue weighted by molar-refractivity contribution is 0.0112. The fraction of sp³-hybridized carbons (Fsp3) is 1.00. The van der Waals surface area contributed by atoms with Gasteiger partial charge in [0, 0.05) is 12.6 Å². The van der Waals surface area contributed by atoms with Gasteiger partial charge < -0.3 is 10.5 Å². The summed E-state index contributed by atoms with van der Waals surface area (Å²) in [6.45, 7) is 0.971.